The number of furan rings is 1. The lowest BCUT2D eigenvalue weighted by Crippen LogP contribution is -1.91. The van der Waals surface area contributed by atoms with E-state index in [1.54, 1.807) is 17.4 Å². The lowest BCUT2D eigenvalue weighted by atomic mass is 10.1. The number of benzene rings is 1. The third-order valence-corrected chi connectivity index (χ3v) is 5.86. The Morgan fingerprint density at radius 3 is 2.73 bits per heavy atom. The van der Waals surface area contributed by atoms with Crippen LogP contribution in [0.1, 0.15) is 16.3 Å². The number of carboxylic acids is 1. The van der Waals surface area contributed by atoms with E-state index in [-0.39, 0.29) is 5.76 Å². The molecule has 0 aliphatic rings. The molecular formula is C18H11ClN2O3S2. The first-order valence-electron chi connectivity index (χ1n) is 7.55. The van der Waals surface area contributed by atoms with Gasteiger partial charge in [0.25, 0.3) is 0 Å². The van der Waals surface area contributed by atoms with Gasteiger partial charge in [-0.2, -0.15) is 0 Å². The van der Waals surface area contributed by atoms with Crippen molar-refractivity contribution < 1.29 is 14.3 Å². The van der Waals surface area contributed by atoms with Gasteiger partial charge >= 0.3 is 5.97 Å². The number of rotatable bonds is 5. The fraction of sp³-hybridized carbons (Fsp3) is 0.0556. The van der Waals surface area contributed by atoms with Gasteiger partial charge < -0.3 is 9.52 Å². The van der Waals surface area contributed by atoms with E-state index in [2.05, 4.69) is 15.3 Å². The van der Waals surface area contributed by atoms with Gasteiger partial charge in [0.15, 0.2) is 0 Å². The van der Waals surface area contributed by atoms with Gasteiger partial charge in [0.2, 0.25) is 5.76 Å². The van der Waals surface area contributed by atoms with E-state index in [0.717, 1.165) is 26.4 Å². The van der Waals surface area contributed by atoms with Gasteiger partial charge in [-0.15, -0.1) is 11.3 Å². The number of aromatic carboxylic acids is 1. The third kappa shape index (κ3) is 3.33. The molecule has 0 saturated heterocycles. The number of nitrogens with zero attached hydrogens (tertiary/aromatic N) is 2. The summed E-state index contributed by atoms with van der Waals surface area (Å²) in [7, 11) is 0. The van der Waals surface area contributed by atoms with Crippen LogP contribution in [0.15, 0.2) is 57.5 Å². The second-order valence-electron chi connectivity index (χ2n) is 5.38. The summed E-state index contributed by atoms with van der Waals surface area (Å²) in [5, 5.41) is 13.5. The van der Waals surface area contributed by atoms with Crippen LogP contribution in [0.2, 0.25) is 5.02 Å². The van der Waals surface area contributed by atoms with Crippen molar-refractivity contribution in [3.05, 3.63) is 64.6 Å². The first-order chi connectivity index (χ1) is 12.6. The molecule has 1 N–H and O–H groups in total. The van der Waals surface area contributed by atoms with Crippen LogP contribution in [-0.4, -0.2) is 21.0 Å². The van der Waals surface area contributed by atoms with E-state index in [4.69, 9.17) is 21.1 Å². The molecule has 130 valence electrons. The van der Waals surface area contributed by atoms with Crippen LogP contribution in [0.5, 0.6) is 0 Å². The highest BCUT2D eigenvalue weighted by molar-refractivity contribution is 7.98. The van der Waals surface area contributed by atoms with Gasteiger partial charge in [-0.1, -0.05) is 35.5 Å². The predicted molar refractivity (Wildman–Crippen MR) is 103 cm³/mol. The van der Waals surface area contributed by atoms with E-state index in [1.165, 1.54) is 24.2 Å². The quantitative estimate of drug-likeness (QED) is 0.346. The number of carboxylic acid groups (broad SMARTS) is 1. The highest BCUT2D eigenvalue weighted by Crippen LogP contribution is 2.39. The highest BCUT2D eigenvalue weighted by atomic mass is 35.5. The summed E-state index contributed by atoms with van der Waals surface area (Å²) in [5.41, 5.74) is 2.10. The lowest BCUT2D eigenvalue weighted by Gasteiger charge is -2.05. The number of aromatic nitrogens is 2. The fourth-order valence-electron chi connectivity index (χ4n) is 2.51. The maximum absolute atomic E-state index is 10.9. The molecule has 4 aromatic rings. The van der Waals surface area contributed by atoms with Gasteiger partial charge in [-0.3, -0.25) is 0 Å². The molecule has 0 radical (unpaired) electrons. The Morgan fingerprint density at radius 2 is 2.00 bits per heavy atom. The first kappa shape index (κ1) is 17.1. The van der Waals surface area contributed by atoms with Crippen LogP contribution in [0.4, 0.5) is 0 Å². The second kappa shape index (κ2) is 7.11. The van der Waals surface area contributed by atoms with E-state index in [0.29, 0.717) is 16.5 Å². The molecule has 0 fully saturated rings. The van der Waals surface area contributed by atoms with Crippen molar-refractivity contribution in [2.45, 2.75) is 10.8 Å². The highest BCUT2D eigenvalue weighted by Gasteiger charge is 2.15. The molecule has 0 unspecified atom stereocenters. The van der Waals surface area contributed by atoms with Crippen LogP contribution in [0.3, 0.4) is 0 Å². The maximum atomic E-state index is 10.9. The molecule has 0 bridgehead atoms. The summed E-state index contributed by atoms with van der Waals surface area (Å²) in [6.07, 6.45) is 1.54. The molecule has 1 aromatic carbocycles. The van der Waals surface area contributed by atoms with Crippen molar-refractivity contribution in [2.24, 2.45) is 0 Å². The fourth-order valence-corrected chi connectivity index (χ4v) is 4.52. The van der Waals surface area contributed by atoms with Crippen molar-refractivity contribution >= 4 is 50.9 Å². The number of fused-ring (bicyclic) bond motifs is 1. The topological polar surface area (TPSA) is 76.2 Å². The molecule has 0 aliphatic carbocycles. The lowest BCUT2D eigenvalue weighted by molar-refractivity contribution is 0.0661. The van der Waals surface area contributed by atoms with Crippen LogP contribution in [-0.2, 0) is 5.75 Å². The van der Waals surface area contributed by atoms with Crippen molar-refractivity contribution in [3.63, 3.8) is 0 Å². The Morgan fingerprint density at radius 1 is 1.19 bits per heavy atom. The van der Waals surface area contributed by atoms with Crippen molar-refractivity contribution in [1.82, 2.24) is 9.97 Å². The van der Waals surface area contributed by atoms with Crippen molar-refractivity contribution in [1.29, 1.82) is 0 Å². The first-order valence-corrected chi connectivity index (χ1v) is 9.79. The van der Waals surface area contributed by atoms with E-state index < -0.39 is 5.97 Å². The molecule has 3 heterocycles. The zero-order chi connectivity index (χ0) is 18.1. The minimum absolute atomic E-state index is 0.0641. The van der Waals surface area contributed by atoms with Gasteiger partial charge in [-0.05, 0) is 29.8 Å². The smallest absolute Gasteiger partial charge is 0.371 e. The number of hydrogen-bond donors (Lipinski definition) is 1. The van der Waals surface area contributed by atoms with Gasteiger partial charge in [0, 0.05) is 16.0 Å². The number of hydrogen-bond acceptors (Lipinski definition) is 6. The number of halogens is 1. The molecule has 0 saturated carbocycles. The predicted octanol–water partition coefficient (Wildman–Crippen LogP) is 5.60. The summed E-state index contributed by atoms with van der Waals surface area (Å²) < 4.78 is 5.31. The van der Waals surface area contributed by atoms with Crippen LogP contribution < -0.4 is 0 Å². The van der Waals surface area contributed by atoms with E-state index in [1.807, 2.05) is 24.3 Å². The van der Waals surface area contributed by atoms with E-state index >= 15 is 0 Å². The average Bonchev–Trinajstić information content (AvgIpc) is 3.28. The monoisotopic (exact) mass is 402 g/mol. The summed E-state index contributed by atoms with van der Waals surface area (Å²) in [6.45, 7) is 0. The summed E-state index contributed by atoms with van der Waals surface area (Å²) in [6, 6.07) is 10.8. The molecule has 0 amide bonds. The third-order valence-electron chi connectivity index (χ3n) is 3.71. The van der Waals surface area contributed by atoms with Gasteiger partial charge in [0.05, 0.1) is 11.1 Å². The molecule has 0 aliphatic heterocycles. The molecular weight excluding hydrogens is 392 g/mol. The average molecular weight is 403 g/mol. The molecule has 26 heavy (non-hydrogen) atoms. The minimum atomic E-state index is -1.08. The van der Waals surface area contributed by atoms with E-state index in [9.17, 15) is 4.79 Å². The Bertz CT molecular complexity index is 1090. The molecule has 4 rings (SSSR count). The molecule has 0 spiro atoms. The normalized spacial score (nSPS) is 11.1. The van der Waals surface area contributed by atoms with Crippen molar-refractivity contribution in [3.8, 4) is 11.1 Å². The Balaban J connectivity index is 1.67. The Kier molecular flexibility index (Phi) is 4.67. The molecule has 0 atom stereocenters. The van der Waals surface area contributed by atoms with Crippen LogP contribution in [0.25, 0.3) is 21.3 Å². The number of carbonyl (C=O) groups is 1. The Hall–Kier alpha value is -2.35. The molecule has 3 aromatic heterocycles. The summed E-state index contributed by atoms with van der Waals surface area (Å²) >= 11 is 9.03. The minimum Gasteiger partial charge on any atom is -0.475 e. The standard InChI is InChI=1S/C18H11ClN2O3S2/c19-11-3-1-10(2-4-11)13-8-26-17-15(13)16(20-9-21-17)25-7-12-5-6-14(24-12)18(22)23/h1-6,8-9H,7H2,(H,22,23). The second-order valence-corrected chi connectivity index (χ2v) is 7.63. The Labute approximate surface area is 161 Å². The van der Waals surface area contributed by atoms with Gasteiger partial charge in [-0.25, -0.2) is 14.8 Å². The SMILES string of the molecule is O=C(O)c1ccc(CSc2ncnc3scc(-c4ccc(Cl)cc4)c23)o1. The maximum Gasteiger partial charge on any atom is 0.371 e. The summed E-state index contributed by atoms with van der Waals surface area (Å²) in [5.74, 6) is -0.0725. The van der Waals surface area contributed by atoms with Crippen LogP contribution >= 0.6 is 34.7 Å². The van der Waals surface area contributed by atoms with Gasteiger partial charge in [0.1, 0.15) is 21.9 Å². The number of thiophene rings is 1. The zero-order valence-electron chi connectivity index (χ0n) is 13.2. The summed E-state index contributed by atoms with van der Waals surface area (Å²) in [4.78, 5) is 20.6. The zero-order valence-corrected chi connectivity index (χ0v) is 15.6. The van der Waals surface area contributed by atoms with Crippen molar-refractivity contribution in [2.75, 3.05) is 0 Å². The molecule has 8 heteroatoms. The molecule has 5 nitrogen and oxygen atoms in total. The largest absolute Gasteiger partial charge is 0.475 e. The number of thioether (sulfide) groups is 1. The van der Waals surface area contributed by atoms with Crippen LogP contribution in [0, 0.1) is 0 Å².